The van der Waals surface area contributed by atoms with Crippen LogP contribution in [0.2, 0.25) is 0 Å². The van der Waals surface area contributed by atoms with Gasteiger partial charge in [0.1, 0.15) is 0 Å². The van der Waals surface area contributed by atoms with Gasteiger partial charge in [0.2, 0.25) is 0 Å². The van der Waals surface area contributed by atoms with E-state index < -0.39 is 0 Å². The van der Waals surface area contributed by atoms with Crippen molar-refractivity contribution < 1.29 is 4.74 Å². The Hall–Kier alpha value is -0.0700. The lowest BCUT2D eigenvalue weighted by Crippen LogP contribution is -1.91. The van der Waals surface area contributed by atoms with Crippen molar-refractivity contribution in [3.8, 4) is 5.06 Å². The summed E-state index contributed by atoms with van der Waals surface area (Å²) in [6, 6.07) is 8.12. The lowest BCUT2D eigenvalue weighted by Gasteiger charge is -1.97. The first-order chi connectivity index (χ1) is 7.33. The number of ether oxygens (including phenoxy) is 1. The van der Waals surface area contributed by atoms with Crippen molar-refractivity contribution in [2.45, 2.75) is 13.3 Å². The highest BCUT2D eigenvalue weighted by molar-refractivity contribution is 14.1. The van der Waals surface area contributed by atoms with Gasteiger partial charge in [0.25, 0.3) is 0 Å². The van der Waals surface area contributed by atoms with Gasteiger partial charge in [0, 0.05) is 0 Å². The Morgan fingerprint density at radius 2 is 1.93 bits per heavy atom. The SMILES string of the molecule is CCCOc1cccs1.Ic1cccs1. The Labute approximate surface area is 112 Å². The summed E-state index contributed by atoms with van der Waals surface area (Å²) in [5.74, 6) is 0. The third kappa shape index (κ3) is 6.17. The second-order valence-corrected chi connectivity index (χ2v) is 6.45. The Kier molecular flexibility index (Phi) is 7.04. The van der Waals surface area contributed by atoms with Crippen molar-refractivity contribution in [2.24, 2.45) is 0 Å². The molecule has 0 aliphatic heterocycles. The van der Waals surface area contributed by atoms with Crippen LogP contribution in [-0.2, 0) is 0 Å². The number of hydrogen-bond donors (Lipinski definition) is 0. The zero-order chi connectivity index (χ0) is 10.9. The van der Waals surface area contributed by atoms with E-state index in [1.165, 1.54) is 2.88 Å². The molecule has 0 aliphatic rings. The summed E-state index contributed by atoms with van der Waals surface area (Å²) in [4.78, 5) is 0. The van der Waals surface area contributed by atoms with E-state index in [0.717, 1.165) is 18.1 Å². The molecule has 0 spiro atoms. The van der Waals surface area contributed by atoms with Crippen LogP contribution >= 0.6 is 45.3 Å². The van der Waals surface area contributed by atoms with Crippen LogP contribution in [0.3, 0.4) is 0 Å². The molecule has 2 heterocycles. The van der Waals surface area contributed by atoms with Crippen molar-refractivity contribution >= 4 is 45.3 Å². The van der Waals surface area contributed by atoms with Crippen molar-refractivity contribution in [3.63, 3.8) is 0 Å². The van der Waals surface area contributed by atoms with Crippen molar-refractivity contribution in [1.29, 1.82) is 0 Å². The lowest BCUT2D eigenvalue weighted by atomic mass is 10.5. The molecule has 0 atom stereocenters. The molecule has 0 saturated carbocycles. The molecule has 0 radical (unpaired) electrons. The molecule has 2 rings (SSSR count). The molecular weight excluding hydrogens is 339 g/mol. The number of rotatable bonds is 3. The molecule has 0 amide bonds. The van der Waals surface area contributed by atoms with Gasteiger partial charge < -0.3 is 4.74 Å². The molecule has 0 fully saturated rings. The molecule has 0 bridgehead atoms. The molecule has 0 aromatic carbocycles. The molecule has 0 N–H and O–H groups in total. The number of halogens is 1. The van der Waals surface area contributed by atoms with E-state index in [-0.39, 0.29) is 0 Å². The highest BCUT2D eigenvalue weighted by atomic mass is 127. The van der Waals surface area contributed by atoms with Crippen LogP contribution in [-0.4, -0.2) is 6.61 Å². The first kappa shape index (κ1) is 13.0. The minimum atomic E-state index is 0.834. The highest BCUT2D eigenvalue weighted by Crippen LogP contribution is 2.17. The Balaban J connectivity index is 0.000000162. The first-order valence-electron chi connectivity index (χ1n) is 4.68. The van der Waals surface area contributed by atoms with Gasteiger partial charge in [-0.3, -0.25) is 0 Å². The molecule has 2 aromatic heterocycles. The van der Waals surface area contributed by atoms with Gasteiger partial charge in [0.15, 0.2) is 5.06 Å². The van der Waals surface area contributed by atoms with Gasteiger partial charge >= 0.3 is 0 Å². The Morgan fingerprint density at radius 1 is 1.20 bits per heavy atom. The maximum Gasteiger partial charge on any atom is 0.173 e. The molecule has 1 nitrogen and oxygen atoms in total. The normalized spacial score (nSPS) is 9.20. The predicted molar refractivity (Wildman–Crippen MR) is 77.1 cm³/mol. The average Bonchev–Trinajstić information content (AvgIpc) is 2.88. The van der Waals surface area contributed by atoms with E-state index in [1.807, 2.05) is 23.6 Å². The van der Waals surface area contributed by atoms with Gasteiger partial charge in [-0.2, -0.15) is 0 Å². The second-order valence-electron chi connectivity index (χ2n) is 2.70. The average molecular weight is 352 g/mol. The predicted octanol–water partition coefficient (Wildman–Crippen LogP) is 4.89. The van der Waals surface area contributed by atoms with Gasteiger partial charge in [0.05, 0.1) is 9.49 Å². The Bertz CT molecular complexity index is 329. The molecule has 15 heavy (non-hydrogen) atoms. The minimum Gasteiger partial charge on any atom is -0.484 e. The van der Waals surface area contributed by atoms with E-state index in [0.29, 0.717) is 0 Å². The van der Waals surface area contributed by atoms with Gasteiger partial charge in [-0.1, -0.05) is 13.0 Å². The van der Waals surface area contributed by atoms with Crippen LogP contribution in [0, 0.1) is 2.88 Å². The van der Waals surface area contributed by atoms with Crippen LogP contribution < -0.4 is 4.74 Å². The standard InChI is InChI=1S/C7H10OS.C4H3IS/c1-2-5-8-7-4-3-6-9-7;5-4-2-1-3-6-4/h3-4,6H,2,5H2,1H3;1-3H. The van der Waals surface area contributed by atoms with E-state index in [4.69, 9.17) is 4.74 Å². The van der Waals surface area contributed by atoms with E-state index in [9.17, 15) is 0 Å². The fourth-order valence-corrected chi connectivity index (χ4v) is 2.50. The topological polar surface area (TPSA) is 9.23 Å². The molecule has 82 valence electrons. The van der Waals surface area contributed by atoms with Crippen LogP contribution in [0.1, 0.15) is 13.3 Å². The minimum absolute atomic E-state index is 0.834. The van der Waals surface area contributed by atoms with Gasteiger partial charge in [-0.05, 0) is 58.0 Å². The van der Waals surface area contributed by atoms with E-state index in [2.05, 4.69) is 41.0 Å². The number of hydrogen-bond acceptors (Lipinski definition) is 3. The molecule has 2 aromatic rings. The second kappa shape index (κ2) is 8.13. The monoisotopic (exact) mass is 352 g/mol. The summed E-state index contributed by atoms with van der Waals surface area (Å²) in [6.45, 7) is 2.94. The third-order valence-electron chi connectivity index (χ3n) is 1.43. The summed E-state index contributed by atoms with van der Waals surface area (Å²) in [5, 5.41) is 5.11. The lowest BCUT2D eigenvalue weighted by molar-refractivity contribution is 0.326. The zero-order valence-electron chi connectivity index (χ0n) is 8.48. The molecule has 0 aliphatic carbocycles. The fourth-order valence-electron chi connectivity index (χ4n) is 0.807. The maximum absolute atomic E-state index is 5.31. The number of thiophene rings is 2. The molecule has 0 saturated heterocycles. The third-order valence-corrected chi connectivity index (χ3v) is 3.99. The van der Waals surface area contributed by atoms with E-state index >= 15 is 0 Å². The summed E-state index contributed by atoms with van der Waals surface area (Å²) >= 11 is 5.70. The van der Waals surface area contributed by atoms with Crippen LogP contribution in [0.5, 0.6) is 5.06 Å². The first-order valence-corrected chi connectivity index (χ1v) is 7.52. The van der Waals surface area contributed by atoms with E-state index in [1.54, 1.807) is 22.7 Å². The maximum atomic E-state index is 5.31. The zero-order valence-corrected chi connectivity index (χ0v) is 12.3. The van der Waals surface area contributed by atoms with Gasteiger partial charge in [-0.15, -0.1) is 22.7 Å². The smallest absolute Gasteiger partial charge is 0.173 e. The van der Waals surface area contributed by atoms with Gasteiger partial charge in [-0.25, -0.2) is 0 Å². The summed E-state index contributed by atoms with van der Waals surface area (Å²) < 4.78 is 6.67. The van der Waals surface area contributed by atoms with Crippen molar-refractivity contribution in [1.82, 2.24) is 0 Å². The largest absolute Gasteiger partial charge is 0.484 e. The van der Waals surface area contributed by atoms with Crippen LogP contribution in [0.4, 0.5) is 0 Å². The highest BCUT2D eigenvalue weighted by Gasteiger charge is 1.89. The molecule has 0 unspecified atom stereocenters. The van der Waals surface area contributed by atoms with Crippen LogP contribution in [0.15, 0.2) is 35.0 Å². The molecule has 4 heteroatoms. The van der Waals surface area contributed by atoms with Crippen molar-refractivity contribution in [2.75, 3.05) is 6.61 Å². The summed E-state index contributed by atoms with van der Waals surface area (Å²) in [7, 11) is 0. The van der Waals surface area contributed by atoms with Crippen molar-refractivity contribution in [3.05, 3.63) is 37.9 Å². The summed E-state index contributed by atoms with van der Waals surface area (Å²) in [6.07, 6.45) is 1.08. The summed E-state index contributed by atoms with van der Waals surface area (Å²) in [5.41, 5.74) is 0. The van der Waals surface area contributed by atoms with Crippen LogP contribution in [0.25, 0.3) is 0 Å². The quantitative estimate of drug-likeness (QED) is 0.715. The molecular formula is C11H13IOS2. The Morgan fingerprint density at radius 3 is 2.33 bits per heavy atom. The fraction of sp³-hybridized carbons (Fsp3) is 0.273.